The lowest BCUT2D eigenvalue weighted by Crippen LogP contribution is -2.11. The largest absolute Gasteiger partial charge is 0.293 e. The molecule has 0 amide bonds. The summed E-state index contributed by atoms with van der Waals surface area (Å²) in [5.74, 6) is -0.000772. The van der Waals surface area contributed by atoms with E-state index in [1.54, 1.807) is 6.92 Å². The number of rotatable bonds is 2. The summed E-state index contributed by atoms with van der Waals surface area (Å²) in [5, 5.41) is -0.443. The molecule has 0 N–H and O–H groups in total. The van der Waals surface area contributed by atoms with E-state index in [1.165, 1.54) is 0 Å². The van der Waals surface area contributed by atoms with Gasteiger partial charge in [0.2, 0.25) is 0 Å². The normalized spacial score (nSPS) is 12.6. The molecule has 0 aliphatic carbocycles. The minimum Gasteiger partial charge on any atom is -0.293 e. The summed E-state index contributed by atoms with van der Waals surface area (Å²) in [6.07, 6.45) is 0. The molecule has 1 aromatic rings. The van der Waals surface area contributed by atoms with Gasteiger partial charge >= 0.3 is 0 Å². The predicted molar refractivity (Wildman–Crippen MR) is 55.6 cm³/mol. The zero-order chi connectivity index (χ0) is 10.0. The quantitative estimate of drug-likeness (QED) is 0.525. The van der Waals surface area contributed by atoms with Gasteiger partial charge in [-0.2, -0.15) is 0 Å². The molecule has 0 unspecified atom stereocenters. The van der Waals surface area contributed by atoms with Crippen molar-refractivity contribution < 1.29 is 4.79 Å². The van der Waals surface area contributed by atoms with E-state index < -0.39 is 5.38 Å². The highest BCUT2D eigenvalue weighted by atomic mass is 35.5. The van der Waals surface area contributed by atoms with E-state index in [4.69, 9.17) is 11.6 Å². The lowest BCUT2D eigenvalue weighted by atomic mass is 10.0. The fraction of sp³-hybridized carbons (Fsp3) is 0.364. The van der Waals surface area contributed by atoms with Crippen molar-refractivity contribution in [3.8, 4) is 0 Å². The SMILES string of the molecule is Cc1ccc(C(=O)[C@H](C)Cl)c(C)c1. The Kier molecular flexibility index (Phi) is 3.10. The second-order valence-corrected chi connectivity index (χ2v) is 3.95. The second-order valence-electron chi connectivity index (χ2n) is 3.30. The smallest absolute Gasteiger partial charge is 0.180 e. The van der Waals surface area contributed by atoms with Crippen LogP contribution in [0, 0.1) is 13.8 Å². The number of ketones is 1. The molecule has 1 rings (SSSR count). The minimum absolute atomic E-state index is 0.000772. The van der Waals surface area contributed by atoms with E-state index in [9.17, 15) is 4.79 Å². The first-order chi connectivity index (χ1) is 6.02. The van der Waals surface area contributed by atoms with E-state index in [-0.39, 0.29) is 5.78 Å². The molecule has 0 saturated carbocycles. The summed E-state index contributed by atoms with van der Waals surface area (Å²) in [7, 11) is 0. The zero-order valence-electron chi connectivity index (χ0n) is 8.10. The molecule has 1 atom stereocenters. The fourth-order valence-electron chi connectivity index (χ4n) is 1.30. The van der Waals surface area contributed by atoms with Crippen molar-refractivity contribution in [3.63, 3.8) is 0 Å². The van der Waals surface area contributed by atoms with E-state index >= 15 is 0 Å². The monoisotopic (exact) mass is 196 g/mol. The van der Waals surface area contributed by atoms with E-state index in [0.717, 1.165) is 16.7 Å². The standard InChI is InChI=1S/C11H13ClO/c1-7-4-5-10(8(2)6-7)11(13)9(3)12/h4-6,9H,1-3H3/t9-/m0/s1. The number of carbonyl (C=O) groups excluding carboxylic acids is 1. The van der Waals surface area contributed by atoms with Crippen molar-refractivity contribution in [1.29, 1.82) is 0 Å². The van der Waals surface area contributed by atoms with Gasteiger partial charge in [-0.15, -0.1) is 11.6 Å². The van der Waals surface area contributed by atoms with Gasteiger partial charge in [0.15, 0.2) is 5.78 Å². The van der Waals surface area contributed by atoms with Crippen molar-refractivity contribution in [2.45, 2.75) is 26.1 Å². The Hall–Kier alpha value is -0.820. The first kappa shape index (κ1) is 10.3. The van der Waals surface area contributed by atoms with Gasteiger partial charge in [0.05, 0.1) is 5.38 Å². The van der Waals surface area contributed by atoms with Crippen molar-refractivity contribution in [3.05, 3.63) is 34.9 Å². The Balaban J connectivity index is 3.09. The Morgan fingerprint density at radius 2 is 2.00 bits per heavy atom. The number of halogens is 1. The molecule has 0 aromatic heterocycles. The van der Waals surface area contributed by atoms with Crippen molar-refractivity contribution in [1.82, 2.24) is 0 Å². The van der Waals surface area contributed by atoms with Gasteiger partial charge in [-0.3, -0.25) is 4.79 Å². The maximum absolute atomic E-state index is 11.5. The number of aryl methyl sites for hydroxylation is 2. The van der Waals surface area contributed by atoms with Gasteiger partial charge in [0.25, 0.3) is 0 Å². The van der Waals surface area contributed by atoms with Gasteiger partial charge in [0, 0.05) is 5.56 Å². The van der Waals surface area contributed by atoms with Gasteiger partial charge in [0.1, 0.15) is 0 Å². The van der Waals surface area contributed by atoms with E-state index in [0.29, 0.717) is 0 Å². The molecule has 0 fully saturated rings. The number of Topliss-reactive ketones (excluding diaryl/α,β-unsaturated/α-hetero) is 1. The summed E-state index contributed by atoms with van der Waals surface area (Å²) in [6.45, 7) is 5.63. The average molecular weight is 197 g/mol. The summed E-state index contributed by atoms with van der Waals surface area (Å²) >= 11 is 5.72. The van der Waals surface area contributed by atoms with Gasteiger partial charge in [-0.25, -0.2) is 0 Å². The third-order valence-electron chi connectivity index (χ3n) is 2.01. The molecule has 0 aliphatic rings. The van der Waals surface area contributed by atoms with Crippen LogP contribution in [-0.4, -0.2) is 11.2 Å². The third-order valence-corrected chi connectivity index (χ3v) is 2.21. The molecule has 1 aromatic carbocycles. The van der Waals surface area contributed by atoms with Crippen molar-refractivity contribution in [2.75, 3.05) is 0 Å². The summed E-state index contributed by atoms with van der Waals surface area (Å²) < 4.78 is 0. The average Bonchev–Trinajstić information content (AvgIpc) is 2.03. The van der Waals surface area contributed by atoms with Gasteiger partial charge < -0.3 is 0 Å². The molecule has 13 heavy (non-hydrogen) atoms. The molecule has 2 heteroatoms. The number of hydrogen-bond donors (Lipinski definition) is 0. The van der Waals surface area contributed by atoms with Crippen LogP contribution in [0.3, 0.4) is 0 Å². The van der Waals surface area contributed by atoms with Crippen LogP contribution in [0.15, 0.2) is 18.2 Å². The Morgan fingerprint density at radius 3 is 2.46 bits per heavy atom. The number of alkyl halides is 1. The summed E-state index contributed by atoms with van der Waals surface area (Å²) in [5.41, 5.74) is 2.89. The number of carbonyl (C=O) groups is 1. The molecule has 0 spiro atoms. The topological polar surface area (TPSA) is 17.1 Å². The van der Waals surface area contributed by atoms with Crippen LogP contribution in [0.4, 0.5) is 0 Å². The zero-order valence-corrected chi connectivity index (χ0v) is 8.85. The molecule has 0 saturated heterocycles. The summed E-state index contributed by atoms with van der Waals surface area (Å²) in [6, 6.07) is 5.76. The van der Waals surface area contributed by atoms with Crippen LogP contribution >= 0.6 is 11.6 Å². The summed E-state index contributed by atoms with van der Waals surface area (Å²) in [4.78, 5) is 11.5. The van der Waals surface area contributed by atoms with Crippen molar-refractivity contribution in [2.24, 2.45) is 0 Å². The van der Waals surface area contributed by atoms with Crippen LogP contribution in [0.1, 0.15) is 28.4 Å². The van der Waals surface area contributed by atoms with Gasteiger partial charge in [-0.05, 0) is 26.3 Å². The molecule has 0 heterocycles. The highest BCUT2D eigenvalue weighted by molar-refractivity contribution is 6.33. The van der Waals surface area contributed by atoms with Crippen LogP contribution in [0.5, 0.6) is 0 Å². The molecule has 0 radical (unpaired) electrons. The maximum atomic E-state index is 11.5. The molecular formula is C11H13ClO. The Labute approximate surface area is 83.7 Å². The van der Waals surface area contributed by atoms with Crippen LogP contribution < -0.4 is 0 Å². The highest BCUT2D eigenvalue weighted by Crippen LogP contribution is 2.14. The van der Waals surface area contributed by atoms with Gasteiger partial charge in [-0.1, -0.05) is 23.8 Å². The van der Waals surface area contributed by atoms with Crippen molar-refractivity contribution >= 4 is 17.4 Å². The predicted octanol–water partition coefficient (Wildman–Crippen LogP) is 3.11. The maximum Gasteiger partial charge on any atom is 0.180 e. The number of benzene rings is 1. The molecule has 0 aliphatic heterocycles. The third kappa shape index (κ3) is 2.31. The first-order valence-corrected chi connectivity index (χ1v) is 4.71. The Bertz CT molecular complexity index is 329. The number of hydrogen-bond acceptors (Lipinski definition) is 1. The lowest BCUT2D eigenvalue weighted by Gasteiger charge is -2.06. The first-order valence-electron chi connectivity index (χ1n) is 4.28. The van der Waals surface area contributed by atoms with Crippen LogP contribution in [0.2, 0.25) is 0 Å². The molecule has 70 valence electrons. The van der Waals surface area contributed by atoms with E-state index in [1.807, 2.05) is 32.0 Å². The van der Waals surface area contributed by atoms with Crippen LogP contribution in [0.25, 0.3) is 0 Å². The molecule has 1 nitrogen and oxygen atoms in total. The fourth-order valence-corrected chi connectivity index (χ4v) is 1.42. The Morgan fingerprint density at radius 1 is 1.38 bits per heavy atom. The van der Waals surface area contributed by atoms with Crippen LogP contribution in [-0.2, 0) is 0 Å². The highest BCUT2D eigenvalue weighted by Gasteiger charge is 2.13. The lowest BCUT2D eigenvalue weighted by molar-refractivity contribution is 0.0991. The van der Waals surface area contributed by atoms with E-state index in [2.05, 4.69) is 0 Å². The second kappa shape index (κ2) is 3.93. The molecular weight excluding hydrogens is 184 g/mol. The minimum atomic E-state index is -0.443. The molecule has 0 bridgehead atoms.